The van der Waals surface area contributed by atoms with Crippen molar-refractivity contribution in [3.63, 3.8) is 0 Å². The van der Waals surface area contributed by atoms with Crippen molar-refractivity contribution < 1.29 is 23.4 Å². The van der Waals surface area contributed by atoms with Crippen LogP contribution in [0.25, 0.3) is 0 Å². The quantitative estimate of drug-likeness (QED) is 0.567. The summed E-state index contributed by atoms with van der Waals surface area (Å²) >= 11 is 0. The highest BCUT2D eigenvalue weighted by atomic mass is 32.2. The van der Waals surface area contributed by atoms with Crippen LogP contribution in [0, 0.1) is 0 Å². The summed E-state index contributed by atoms with van der Waals surface area (Å²) in [5.74, 6) is -1.46. The topological polar surface area (TPSA) is 107 Å². The van der Waals surface area contributed by atoms with Crippen molar-refractivity contribution in [3.05, 3.63) is 0 Å². The van der Waals surface area contributed by atoms with Gasteiger partial charge in [-0.2, -0.15) is 17.4 Å². The lowest BCUT2D eigenvalue weighted by atomic mass is 10.1. The maximum Gasteiger partial charge on any atom is 0.336 e. The van der Waals surface area contributed by atoms with Crippen molar-refractivity contribution in [1.82, 2.24) is 9.03 Å². The van der Waals surface area contributed by atoms with E-state index in [0.29, 0.717) is 13.1 Å². The Hall–Kier alpha value is -0.700. The molecule has 0 aliphatic carbocycles. The molecule has 3 N–H and O–H groups in total. The van der Waals surface area contributed by atoms with Crippen molar-refractivity contribution in [3.8, 4) is 0 Å². The van der Waals surface area contributed by atoms with E-state index in [9.17, 15) is 18.3 Å². The van der Waals surface area contributed by atoms with E-state index in [-0.39, 0.29) is 0 Å². The molecule has 0 saturated carbocycles. The number of carboxylic acids is 1. The van der Waals surface area contributed by atoms with Gasteiger partial charge in [-0.15, -0.1) is 0 Å². The van der Waals surface area contributed by atoms with Crippen molar-refractivity contribution in [2.45, 2.75) is 25.4 Å². The third-order valence-corrected chi connectivity index (χ3v) is 4.02. The first-order chi connectivity index (χ1) is 7.26. The van der Waals surface area contributed by atoms with Gasteiger partial charge in [0.25, 0.3) is 10.2 Å². The second-order valence-corrected chi connectivity index (χ2v) is 5.77. The van der Waals surface area contributed by atoms with Crippen LogP contribution in [-0.2, 0) is 15.0 Å². The first-order valence-corrected chi connectivity index (χ1v) is 6.40. The zero-order valence-corrected chi connectivity index (χ0v) is 9.83. The van der Waals surface area contributed by atoms with Crippen LogP contribution in [0.15, 0.2) is 0 Å². The minimum atomic E-state index is -3.67. The monoisotopic (exact) mass is 252 g/mol. The Kier molecular flexibility index (Phi) is 3.89. The average molecular weight is 252 g/mol. The first-order valence-electron chi connectivity index (χ1n) is 4.96. The van der Waals surface area contributed by atoms with E-state index < -0.39 is 28.3 Å². The molecule has 0 aromatic rings. The Bertz CT molecular complexity index is 359. The summed E-state index contributed by atoms with van der Waals surface area (Å²) in [6.07, 6.45) is 1.60. The van der Waals surface area contributed by atoms with Gasteiger partial charge in [0.1, 0.15) is 0 Å². The lowest BCUT2D eigenvalue weighted by molar-refractivity contribution is -0.155. The van der Waals surface area contributed by atoms with E-state index >= 15 is 0 Å². The van der Waals surface area contributed by atoms with Gasteiger partial charge in [0.2, 0.25) is 0 Å². The van der Waals surface area contributed by atoms with E-state index in [2.05, 4.69) is 4.72 Å². The predicted molar refractivity (Wildman–Crippen MR) is 56.0 cm³/mol. The molecule has 1 aliphatic rings. The van der Waals surface area contributed by atoms with Crippen molar-refractivity contribution in [2.24, 2.45) is 0 Å². The van der Waals surface area contributed by atoms with Crippen molar-refractivity contribution >= 4 is 16.2 Å². The SMILES string of the molecule is CC(O)(CNS(=O)(=O)N1CCCC1)C(=O)O. The highest BCUT2D eigenvalue weighted by Crippen LogP contribution is 2.12. The van der Waals surface area contributed by atoms with E-state index in [4.69, 9.17) is 5.11 Å². The van der Waals surface area contributed by atoms with E-state index in [1.807, 2.05) is 0 Å². The second-order valence-electron chi connectivity index (χ2n) is 4.01. The van der Waals surface area contributed by atoms with Gasteiger partial charge < -0.3 is 10.2 Å². The molecule has 0 bridgehead atoms. The third-order valence-electron chi connectivity index (χ3n) is 2.46. The summed E-state index contributed by atoms with van der Waals surface area (Å²) in [5, 5.41) is 18.0. The minimum absolute atomic E-state index is 0.435. The van der Waals surface area contributed by atoms with Crippen molar-refractivity contribution in [1.29, 1.82) is 0 Å². The summed E-state index contributed by atoms with van der Waals surface area (Å²) in [4.78, 5) is 10.6. The van der Waals surface area contributed by atoms with Gasteiger partial charge in [-0.3, -0.25) is 0 Å². The molecule has 1 aliphatic heterocycles. The van der Waals surface area contributed by atoms with Crippen LogP contribution in [-0.4, -0.2) is 54.1 Å². The largest absolute Gasteiger partial charge is 0.479 e. The number of nitrogens with one attached hydrogen (secondary N) is 1. The lowest BCUT2D eigenvalue weighted by Gasteiger charge is -2.21. The van der Waals surface area contributed by atoms with Crippen LogP contribution < -0.4 is 4.72 Å². The Morgan fingerprint density at radius 2 is 1.94 bits per heavy atom. The molecule has 8 heteroatoms. The summed E-state index contributed by atoms with van der Waals surface area (Å²) in [7, 11) is -3.67. The van der Waals surface area contributed by atoms with Crippen LogP contribution in [0.3, 0.4) is 0 Å². The Balaban J connectivity index is 2.57. The molecule has 0 radical (unpaired) electrons. The minimum Gasteiger partial charge on any atom is -0.479 e. The number of aliphatic carboxylic acids is 1. The van der Waals surface area contributed by atoms with Gasteiger partial charge in [0.05, 0.1) is 6.54 Å². The van der Waals surface area contributed by atoms with Gasteiger partial charge in [-0.1, -0.05) is 0 Å². The van der Waals surface area contributed by atoms with Gasteiger partial charge in [-0.25, -0.2) is 4.79 Å². The fraction of sp³-hybridized carbons (Fsp3) is 0.875. The van der Waals surface area contributed by atoms with Crippen LogP contribution >= 0.6 is 0 Å². The molecule has 1 unspecified atom stereocenters. The normalized spacial score (nSPS) is 21.9. The maximum atomic E-state index is 11.6. The lowest BCUT2D eigenvalue weighted by Crippen LogP contribution is -2.49. The fourth-order valence-electron chi connectivity index (χ4n) is 1.33. The number of aliphatic hydroxyl groups is 1. The maximum absolute atomic E-state index is 11.6. The third kappa shape index (κ3) is 3.14. The van der Waals surface area contributed by atoms with E-state index in [1.54, 1.807) is 0 Å². The molecule has 1 fully saturated rings. The molecule has 94 valence electrons. The molecule has 1 heterocycles. The average Bonchev–Trinajstić information content (AvgIpc) is 2.68. The van der Waals surface area contributed by atoms with Gasteiger partial charge in [-0.05, 0) is 19.8 Å². The molecule has 0 aromatic heterocycles. The molecule has 0 aromatic carbocycles. The van der Waals surface area contributed by atoms with Crippen LogP contribution in [0.2, 0.25) is 0 Å². The van der Waals surface area contributed by atoms with Crippen LogP contribution in [0.5, 0.6) is 0 Å². The van der Waals surface area contributed by atoms with Gasteiger partial charge in [0.15, 0.2) is 5.60 Å². The Labute approximate surface area is 94.2 Å². The summed E-state index contributed by atoms with van der Waals surface area (Å²) in [6, 6.07) is 0. The molecule has 1 rings (SSSR count). The van der Waals surface area contributed by atoms with E-state index in [1.165, 1.54) is 4.31 Å². The summed E-state index contributed by atoms with van der Waals surface area (Å²) in [6.45, 7) is 1.37. The molecule has 7 nitrogen and oxygen atoms in total. The van der Waals surface area contributed by atoms with Crippen LogP contribution in [0.4, 0.5) is 0 Å². The molecule has 1 atom stereocenters. The number of carboxylic acid groups (broad SMARTS) is 1. The molecular weight excluding hydrogens is 236 g/mol. The number of nitrogens with zero attached hydrogens (tertiary/aromatic N) is 1. The molecule has 16 heavy (non-hydrogen) atoms. The van der Waals surface area contributed by atoms with Crippen LogP contribution in [0.1, 0.15) is 19.8 Å². The zero-order chi connectivity index (χ0) is 12.4. The Morgan fingerprint density at radius 3 is 2.38 bits per heavy atom. The second kappa shape index (κ2) is 4.66. The van der Waals surface area contributed by atoms with Gasteiger partial charge >= 0.3 is 5.97 Å². The standard InChI is InChI=1S/C8H16N2O5S/c1-8(13,7(11)12)6-9-16(14,15)10-4-2-3-5-10/h9,13H,2-6H2,1H3,(H,11,12). The highest BCUT2D eigenvalue weighted by molar-refractivity contribution is 7.87. The first kappa shape index (κ1) is 13.4. The summed E-state index contributed by atoms with van der Waals surface area (Å²) in [5.41, 5.74) is -2.09. The van der Waals surface area contributed by atoms with Gasteiger partial charge in [0, 0.05) is 13.1 Å². The van der Waals surface area contributed by atoms with E-state index in [0.717, 1.165) is 19.8 Å². The fourth-order valence-corrected chi connectivity index (χ4v) is 2.71. The summed E-state index contributed by atoms with van der Waals surface area (Å²) < 4.78 is 26.6. The zero-order valence-electron chi connectivity index (χ0n) is 9.01. The molecule has 0 amide bonds. The number of hydrogen-bond acceptors (Lipinski definition) is 4. The smallest absolute Gasteiger partial charge is 0.336 e. The number of hydrogen-bond donors (Lipinski definition) is 3. The molecular formula is C8H16N2O5S. The number of carbonyl (C=O) groups is 1. The predicted octanol–water partition coefficient (Wildman–Crippen LogP) is -1.25. The van der Waals surface area contributed by atoms with Crippen molar-refractivity contribution in [2.75, 3.05) is 19.6 Å². The Morgan fingerprint density at radius 1 is 1.44 bits per heavy atom. The highest BCUT2D eigenvalue weighted by Gasteiger charge is 2.33. The molecule has 1 saturated heterocycles. The number of rotatable bonds is 5. The molecule has 0 spiro atoms.